The molecule has 0 unspecified atom stereocenters. The topological polar surface area (TPSA) is 0 Å². The summed E-state index contributed by atoms with van der Waals surface area (Å²) in [7, 11) is 0. The third-order valence-corrected chi connectivity index (χ3v) is 2.53. The average Bonchev–Trinajstić information content (AvgIpc) is 2.52. The SMILES string of the molecule is C.CC.CC.CC.CCc1cccc2c1C=CCC2. The van der Waals surface area contributed by atoms with Gasteiger partial charge in [0.05, 0.1) is 0 Å². The summed E-state index contributed by atoms with van der Waals surface area (Å²) in [4.78, 5) is 0. The van der Waals surface area contributed by atoms with E-state index in [2.05, 4.69) is 37.3 Å². The van der Waals surface area contributed by atoms with Gasteiger partial charge in [-0.25, -0.2) is 0 Å². The molecule has 0 heterocycles. The Hall–Kier alpha value is -1.04. The molecule has 0 aliphatic heterocycles. The van der Waals surface area contributed by atoms with Crippen LogP contribution in [0.15, 0.2) is 24.3 Å². The van der Waals surface area contributed by atoms with E-state index in [0.717, 1.165) is 6.42 Å². The fraction of sp³-hybridized carbons (Fsp3) is 0.579. The van der Waals surface area contributed by atoms with Crippen LogP contribution in [0.1, 0.15) is 79.0 Å². The van der Waals surface area contributed by atoms with Crippen LogP contribution in [-0.2, 0) is 12.8 Å². The zero-order valence-corrected chi connectivity index (χ0v) is 13.5. The summed E-state index contributed by atoms with van der Waals surface area (Å²) >= 11 is 0. The third-order valence-electron chi connectivity index (χ3n) is 2.53. The fourth-order valence-corrected chi connectivity index (χ4v) is 1.85. The Morgan fingerprint density at radius 3 is 2.05 bits per heavy atom. The highest BCUT2D eigenvalue weighted by molar-refractivity contribution is 5.60. The molecule has 19 heavy (non-hydrogen) atoms. The number of allylic oxidation sites excluding steroid dienone is 1. The van der Waals surface area contributed by atoms with Crippen molar-refractivity contribution in [1.29, 1.82) is 0 Å². The summed E-state index contributed by atoms with van der Waals surface area (Å²) in [6, 6.07) is 6.66. The molecule has 0 bridgehead atoms. The first-order valence-electron chi connectivity index (χ1n) is 7.69. The van der Waals surface area contributed by atoms with Crippen LogP contribution in [0.25, 0.3) is 6.08 Å². The lowest BCUT2D eigenvalue weighted by molar-refractivity contribution is 0.971. The number of aryl methyl sites for hydroxylation is 2. The van der Waals surface area contributed by atoms with Gasteiger partial charge in [-0.3, -0.25) is 0 Å². The second kappa shape index (κ2) is 17.0. The van der Waals surface area contributed by atoms with Crippen molar-refractivity contribution in [3.05, 3.63) is 41.0 Å². The second-order valence-electron chi connectivity index (χ2n) is 3.28. The Morgan fingerprint density at radius 2 is 1.53 bits per heavy atom. The molecule has 112 valence electrons. The maximum absolute atomic E-state index is 2.28. The van der Waals surface area contributed by atoms with Gasteiger partial charge < -0.3 is 0 Å². The van der Waals surface area contributed by atoms with Gasteiger partial charge in [0.15, 0.2) is 0 Å². The summed E-state index contributed by atoms with van der Waals surface area (Å²) in [6.45, 7) is 14.2. The van der Waals surface area contributed by atoms with Crippen molar-refractivity contribution in [2.24, 2.45) is 0 Å². The average molecular weight is 264 g/mol. The maximum Gasteiger partial charge on any atom is -0.0196 e. The molecule has 0 aromatic heterocycles. The Bertz CT molecular complexity index is 308. The maximum atomic E-state index is 2.28. The van der Waals surface area contributed by atoms with Crippen LogP contribution in [0.4, 0.5) is 0 Å². The molecule has 0 fully saturated rings. The van der Waals surface area contributed by atoms with E-state index in [-0.39, 0.29) is 7.43 Å². The zero-order chi connectivity index (χ0) is 14.4. The van der Waals surface area contributed by atoms with Crippen molar-refractivity contribution >= 4 is 6.08 Å². The smallest absolute Gasteiger partial charge is 0.0196 e. The van der Waals surface area contributed by atoms with Crippen molar-refractivity contribution < 1.29 is 0 Å². The number of hydrogen-bond acceptors (Lipinski definition) is 0. The lowest BCUT2D eigenvalue weighted by atomic mass is 9.92. The van der Waals surface area contributed by atoms with Gasteiger partial charge >= 0.3 is 0 Å². The second-order valence-corrected chi connectivity index (χ2v) is 3.28. The summed E-state index contributed by atoms with van der Waals surface area (Å²) < 4.78 is 0. The standard InChI is InChI=1S/C12H14.3C2H6.CH4/c1-2-10-7-5-8-11-6-3-4-9-12(10)11;3*1-2;/h4-5,7-9H,2-3,6H2,1H3;3*1-2H3;1H4. The first kappa shape index (κ1) is 23.1. The molecule has 1 aliphatic carbocycles. The number of fused-ring (bicyclic) bond motifs is 1. The predicted molar refractivity (Wildman–Crippen MR) is 94.0 cm³/mol. The van der Waals surface area contributed by atoms with Gasteiger partial charge in [0, 0.05) is 0 Å². The van der Waals surface area contributed by atoms with Gasteiger partial charge in [0.25, 0.3) is 0 Å². The normalized spacial score (nSPS) is 10.1. The number of benzene rings is 1. The van der Waals surface area contributed by atoms with Gasteiger partial charge in [0.1, 0.15) is 0 Å². The van der Waals surface area contributed by atoms with Crippen LogP contribution in [0.2, 0.25) is 0 Å². The monoisotopic (exact) mass is 264 g/mol. The minimum Gasteiger partial charge on any atom is -0.0836 e. The van der Waals surface area contributed by atoms with E-state index in [1.165, 1.54) is 29.5 Å². The molecule has 1 aliphatic rings. The van der Waals surface area contributed by atoms with E-state index < -0.39 is 0 Å². The van der Waals surface area contributed by atoms with Gasteiger partial charge in [-0.05, 0) is 36.0 Å². The molecule has 0 nitrogen and oxygen atoms in total. The lowest BCUT2D eigenvalue weighted by Gasteiger charge is -2.13. The van der Waals surface area contributed by atoms with Gasteiger partial charge in [-0.15, -0.1) is 0 Å². The molecule has 0 N–H and O–H groups in total. The molecular formula is C19H36. The van der Waals surface area contributed by atoms with Crippen LogP contribution < -0.4 is 0 Å². The van der Waals surface area contributed by atoms with Crippen LogP contribution in [-0.4, -0.2) is 0 Å². The summed E-state index contributed by atoms with van der Waals surface area (Å²) in [5, 5.41) is 0. The highest BCUT2D eigenvalue weighted by Gasteiger charge is 2.06. The van der Waals surface area contributed by atoms with Crippen molar-refractivity contribution in [2.75, 3.05) is 0 Å². The van der Waals surface area contributed by atoms with Crippen molar-refractivity contribution in [3.8, 4) is 0 Å². The highest BCUT2D eigenvalue weighted by atomic mass is 14.1. The van der Waals surface area contributed by atoms with Gasteiger partial charge in [0.2, 0.25) is 0 Å². The molecule has 1 aromatic rings. The van der Waals surface area contributed by atoms with E-state index in [1.54, 1.807) is 0 Å². The quantitative estimate of drug-likeness (QED) is 0.516. The first-order valence-corrected chi connectivity index (χ1v) is 7.69. The molecule has 0 saturated carbocycles. The van der Waals surface area contributed by atoms with E-state index >= 15 is 0 Å². The lowest BCUT2D eigenvalue weighted by Crippen LogP contribution is -1.97. The van der Waals surface area contributed by atoms with Crippen LogP contribution in [0.3, 0.4) is 0 Å². The highest BCUT2D eigenvalue weighted by Crippen LogP contribution is 2.22. The minimum absolute atomic E-state index is 0. The van der Waals surface area contributed by atoms with Gasteiger partial charge in [-0.1, -0.05) is 86.2 Å². The van der Waals surface area contributed by atoms with E-state index in [0.29, 0.717) is 0 Å². The molecule has 0 heteroatoms. The Morgan fingerprint density at radius 1 is 0.947 bits per heavy atom. The minimum atomic E-state index is 0. The van der Waals surface area contributed by atoms with Crippen LogP contribution in [0.5, 0.6) is 0 Å². The molecule has 0 atom stereocenters. The van der Waals surface area contributed by atoms with Crippen molar-refractivity contribution in [2.45, 2.75) is 75.2 Å². The van der Waals surface area contributed by atoms with E-state index in [9.17, 15) is 0 Å². The summed E-state index contributed by atoms with van der Waals surface area (Å²) in [5.41, 5.74) is 4.49. The van der Waals surface area contributed by atoms with Crippen molar-refractivity contribution in [3.63, 3.8) is 0 Å². The molecule has 2 rings (SSSR count). The Labute approximate surface area is 123 Å². The van der Waals surface area contributed by atoms with Crippen molar-refractivity contribution in [1.82, 2.24) is 0 Å². The molecule has 0 amide bonds. The van der Waals surface area contributed by atoms with Crippen LogP contribution >= 0.6 is 0 Å². The molecule has 0 radical (unpaired) electrons. The zero-order valence-electron chi connectivity index (χ0n) is 13.5. The summed E-state index contributed by atoms with van der Waals surface area (Å²) in [5.74, 6) is 0. The molecular weight excluding hydrogens is 228 g/mol. The van der Waals surface area contributed by atoms with E-state index in [4.69, 9.17) is 0 Å². The number of rotatable bonds is 1. The van der Waals surface area contributed by atoms with E-state index in [1.807, 2.05) is 41.5 Å². The Balaban J connectivity index is -0.000000325. The molecule has 1 aromatic carbocycles. The van der Waals surface area contributed by atoms with Gasteiger partial charge in [-0.2, -0.15) is 0 Å². The fourth-order valence-electron chi connectivity index (χ4n) is 1.85. The predicted octanol–water partition coefficient (Wildman–Crippen LogP) is 6.92. The summed E-state index contributed by atoms with van der Waals surface area (Å²) in [6.07, 6.45) is 8.13. The molecule has 0 spiro atoms. The first-order chi connectivity index (χ1) is 8.92. The molecule has 0 saturated heterocycles. The largest absolute Gasteiger partial charge is 0.0836 e. The Kier molecular flexibility index (Phi) is 20.6. The van der Waals surface area contributed by atoms with Crippen LogP contribution in [0, 0.1) is 0 Å². The third kappa shape index (κ3) is 7.87. The number of hydrogen-bond donors (Lipinski definition) is 0.